The molecule has 0 bridgehead atoms. The summed E-state index contributed by atoms with van der Waals surface area (Å²) in [6.45, 7) is 7.02. The van der Waals surface area contributed by atoms with Gasteiger partial charge in [0.05, 0.1) is 0 Å². The van der Waals surface area contributed by atoms with Gasteiger partial charge in [0.15, 0.2) is 0 Å². The van der Waals surface area contributed by atoms with Crippen molar-refractivity contribution in [1.29, 1.82) is 0 Å². The first kappa shape index (κ1) is 14.7. The Morgan fingerprint density at radius 2 is 1.88 bits per heavy atom. The number of carbonyl (C=O) groups excluding carboxylic acids is 1. The number of unbranched alkanes of at least 4 members (excludes halogenated alkanes) is 1. The molecule has 0 atom stereocenters. The molecule has 0 aliphatic rings. The Hall–Kier alpha value is -1.31. The van der Waals surface area contributed by atoms with Crippen molar-refractivity contribution in [2.24, 2.45) is 5.92 Å². The van der Waals surface area contributed by atoms with Crippen LogP contribution in [0.2, 0.25) is 0 Å². The lowest BCUT2D eigenvalue weighted by molar-refractivity contribution is -0.116. The summed E-state index contributed by atoms with van der Waals surface area (Å²) in [5, 5.41) is 2.82. The molecule has 0 aromatic rings. The SMILES string of the molecule is CCC/C=C/C=C/C=C/C(=O)NCC(C)C. The first-order valence-electron chi connectivity index (χ1n) is 5.94. The van der Waals surface area contributed by atoms with E-state index in [1.54, 1.807) is 12.2 Å². The zero-order valence-electron chi connectivity index (χ0n) is 10.6. The maximum Gasteiger partial charge on any atom is 0.243 e. The predicted octanol–water partition coefficient (Wildman–Crippen LogP) is 3.23. The molecule has 0 aliphatic heterocycles. The highest BCUT2D eigenvalue weighted by Gasteiger charge is 1.95. The number of hydrogen-bond donors (Lipinski definition) is 1. The standard InChI is InChI=1S/C14H23NO/c1-4-5-6-7-8-9-10-11-14(16)15-12-13(2)3/h6-11,13H,4-5,12H2,1-3H3,(H,15,16)/b7-6+,9-8+,11-10+. The summed E-state index contributed by atoms with van der Waals surface area (Å²) >= 11 is 0. The maximum atomic E-state index is 11.2. The van der Waals surface area contributed by atoms with Gasteiger partial charge in [-0.2, -0.15) is 0 Å². The smallest absolute Gasteiger partial charge is 0.243 e. The van der Waals surface area contributed by atoms with Gasteiger partial charge in [0.25, 0.3) is 0 Å². The summed E-state index contributed by atoms with van der Waals surface area (Å²) in [6, 6.07) is 0. The van der Waals surface area contributed by atoms with Crippen molar-refractivity contribution < 1.29 is 4.79 Å². The summed E-state index contributed by atoms with van der Waals surface area (Å²) in [6.07, 6.45) is 13.5. The lowest BCUT2D eigenvalue weighted by Crippen LogP contribution is -2.25. The van der Waals surface area contributed by atoms with E-state index in [0.717, 1.165) is 19.4 Å². The second kappa shape index (κ2) is 10.2. The van der Waals surface area contributed by atoms with Gasteiger partial charge in [-0.25, -0.2) is 0 Å². The van der Waals surface area contributed by atoms with E-state index in [4.69, 9.17) is 0 Å². The van der Waals surface area contributed by atoms with Crippen LogP contribution in [-0.4, -0.2) is 12.5 Å². The van der Waals surface area contributed by atoms with Crippen LogP contribution in [0.15, 0.2) is 36.5 Å². The molecular weight excluding hydrogens is 198 g/mol. The average Bonchev–Trinajstić information content (AvgIpc) is 2.25. The van der Waals surface area contributed by atoms with Crippen molar-refractivity contribution in [3.8, 4) is 0 Å². The second-order valence-electron chi connectivity index (χ2n) is 4.10. The van der Waals surface area contributed by atoms with Gasteiger partial charge >= 0.3 is 0 Å². The quantitative estimate of drug-likeness (QED) is 0.519. The fraction of sp³-hybridized carbons (Fsp3) is 0.500. The Kier molecular flexibility index (Phi) is 9.38. The van der Waals surface area contributed by atoms with Gasteiger partial charge in [0.2, 0.25) is 5.91 Å². The van der Waals surface area contributed by atoms with E-state index in [0.29, 0.717) is 5.92 Å². The predicted molar refractivity (Wildman–Crippen MR) is 70.2 cm³/mol. The monoisotopic (exact) mass is 221 g/mol. The molecule has 1 amide bonds. The number of allylic oxidation sites excluding steroid dienone is 5. The zero-order valence-corrected chi connectivity index (χ0v) is 10.6. The lowest BCUT2D eigenvalue weighted by Gasteiger charge is -2.03. The number of amides is 1. The van der Waals surface area contributed by atoms with Crippen molar-refractivity contribution in [3.05, 3.63) is 36.5 Å². The van der Waals surface area contributed by atoms with Crippen molar-refractivity contribution in [1.82, 2.24) is 5.32 Å². The van der Waals surface area contributed by atoms with Gasteiger partial charge in [-0.15, -0.1) is 0 Å². The molecule has 2 nitrogen and oxygen atoms in total. The Morgan fingerprint density at radius 1 is 1.19 bits per heavy atom. The van der Waals surface area contributed by atoms with E-state index < -0.39 is 0 Å². The van der Waals surface area contributed by atoms with Gasteiger partial charge in [0.1, 0.15) is 0 Å². The second-order valence-corrected chi connectivity index (χ2v) is 4.10. The van der Waals surface area contributed by atoms with Crippen LogP contribution in [0.3, 0.4) is 0 Å². The van der Waals surface area contributed by atoms with Crippen LogP contribution < -0.4 is 5.32 Å². The van der Waals surface area contributed by atoms with E-state index in [1.165, 1.54) is 0 Å². The third kappa shape index (κ3) is 10.8. The Balaban J connectivity index is 3.70. The van der Waals surface area contributed by atoms with E-state index in [2.05, 4.69) is 32.2 Å². The normalized spacial score (nSPS) is 12.2. The topological polar surface area (TPSA) is 29.1 Å². The minimum atomic E-state index is -0.0316. The molecule has 1 N–H and O–H groups in total. The number of hydrogen-bond acceptors (Lipinski definition) is 1. The number of carbonyl (C=O) groups is 1. The van der Waals surface area contributed by atoms with Crippen molar-refractivity contribution in [2.75, 3.05) is 6.54 Å². The molecule has 0 rings (SSSR count). The van der Waals surface area contributed by atoms with Crippen LogP contribution in [0, 0.1) is 5.92 Å². The third-order valence-electron chi connectivity index (χ3n) is 1.86. The summed E-state index contributed by atoms with van der Waals surface area (Å²) in [5.74, 6) is 0.459. The summed E-state index contributed by atoms with van der Waals surface area (Å²) in [7, 11) is 0. The molecule has 0 fully saturated rings. The Morgan fingerprint density at radius 3 is 2.50 bits per heavy atom. The molecule has 0 aliphatic carbocycles. The van der Waals surface area contributed by atoms with Gasteiger partial charge in [-0.3, -0.25) is 4.79 Å². The largest absolute Gasteiger partial charge is 0.352 e. The maximum absolute atomic E-state index is 11.2. The Labute approximate surface area is 99.1 Å². The molecule has 0 saturated carbocycles. The highest BCUT2D eigenvalue weighted by molar-refractivity contribution is 5.87. The van der Waals surface area contributed by atoms with Gasteiger partial charge in [-0.1, -0.05) is 57.6 Å². The number of rotatable bonds is 7. The van der Waals surface area contributed by atoms with Crippen molar-refractivity contribution >= 4 is 5.91 Å². The molecular formula is C14H23NO. The molecule has 0 radical (unpaired) electrons. The van der Waals surface area contributed by atoms with Gasteiger partial charge in [-0.05, 0) is 12.3 Å². The summed E-state index contributed by atoms with van der Waals surface area (Å²) in [5.41, 5.74) is 0. The van der Waals surface area contributed by atoms with Crippen LogP contribution in [0.1, 0.15) is 33.6 Å². The zero-order chi connectivity index (χ0) is 12.2. The minimum absolute atomic E-state index is 0.0316. The lowest BCUT2D eigenvalue weighted by atomic mass is 10.2. The van der Waals surface area contributed by atoms with E-state index in [1.807, 2.05) is 18.2 Å². The van der Waals surface area contributed by atoms with E-state index in [-0.39, 0.29) is 5.91 Å². The first-order chi connectivity index (χ1) is 7.66. The number of nitrogens with one attached hydrogen (secondary N) is 1. The van der Waals surface area contributed by atoms with Gasteiger partial charge < -0.3 is 5.32 Å². The van der Waals surface area contributed by atoms with Crippen molar-refractivity contribution in [3.63, 3.8) is 0 Å². The molecule has 0 unspecified atom stereocenters. The molecule has 0 saturated heterocycles. The van der Waals surface area contributed by atoms with Crippen molar-refractivity contribution in [2.45, 2.75) is 33.6 Å². The minimum Gasteiger partial charge on any atom is -0.352 e. The first-order valence-corrected chi connectivity index (χ1v) is 5.94. The van der Waals surface area contributed by atoms with Gasteiger partial charge in [0, 0.05) is 12.6 Å². The highest BCUT2D eigenvalue weighted by atomic mass is 16.1. The molecule has 0 heterocycles. The molecule has 0 aromatic carbocycles. The van der Waals surface area contributed by atoms with Crippen LogP contribution in [0.5, 0.6) is 0 Å². The third-order valence-corrected chi connectivity index (χ3v) is 1.86. The molecule has 90 valence electrons. The van der Waals surface area contributed by atoms with Crippen LogP contribution >= 0.6 is 0 Å². The molecule has 2 heteroatoms. The van der Waals surface area contributed by atoms with E-state index >= 15 is 0 Å². The fourth-order valence-corrected chi connectivity index (χ4v) is 0.976. The Bertz CT molecular complexity index is 262. The average molecular weight is 221 g/mol. The molecule has 16 heavy (non-hydrogen) atoms. The molecule has 0 aromatic heterocycles. The van der Waals surface area contributed by atoms with Crippen LogP contribution in [0.25, 0.3) is 0 Å². The van der Waals surface area contributed by atoms with Crippen LogP contribution in [-0.2, 0) is 4.79 Å². The fourth-order valence-electron chi connectivity index (χ4n) is 0.976. The van der Waals surface area contributed by atoms with E-state index in [9.17, 15) is 4.79 Å². The summed E-state index contributed by atoms with van der Waals surface area (Å²) in [4.78, 5) is 11.2. The van der Waals surface area contributed by atoms with Crippen LogP contribution in [0.4, 0.5) is 0 Å². The molecule has 0 spiro atoms. The highest BCUT2D eigenvalue weighted by Crippen LogP contribution is 1.89. The summed E-state index contributed by atoms with van der Waals surface area (Å²) < 4.78 is 0.